The van der Waals surface area contributed by atoms with E-state index in [0.717, 1.165) is 11.3 Å². The normalized spacial score (nSPS) is 10.1. The fourth-order valence-corrected chi connectivity index (χ4v) is 1.95. The number of methoxy groups -OCH3 is 1. The molecule has 0 unspecified atom stereocenters. The van der Waals surface area contributed by atoms with Gasteiger partial charge in [-0.1, -0.05) is 23.7 Å². The fourth-order valence-electron chi connectivity index (χ4n) is 1.73. The Hall–Kier alpha value is -2.20. The molecule has 1 amide bonds. The molecule has 0 radical (unpaired) electrons. The van der Waals surface area contributed by atoms with E-state index in [2.05, 4.69) is 5.32 Å². The van der Waals surface area contributed by atoms with Crippen molar-refractivity contribution in [2.75, 3.05) is 12.4 Å². The summed E-state index contributed by atoms with van der Waals surface area (Å²) < 4.78 is 5.06. The minimum atomic E-state index is -0.178. The summed E-state index contributed by atoms with van der Waals surface area (Å²) in [5, 5.41) is 12.2. The van der Waals surface area contributed by atoms with Crippen molar-refractivity contribution in [1.29, 1.82) is 0 Å². The Morgan fingerprint density at radius 3 is 2.55 bits per heavy atom. The van der Waals surface area contributed by atoms with Crippen LogP contribution in [0.25, 0.3) is 0 Å². The maximum Gasteiger partial charge on any atom is 0.228 e. The predicted molar refractivity (Wildman–Crippen MR) is 78.4 cm³/mol. The molecule has 5 heteroatoms. The third-order valence-electron chi connectivity index (χ3n) is 2.75. The van der Waals surface area contributed by atoms with E-state index < -0.39 is 0 Å². The molecule has 0 aromatic heterocycles. The highest BCUT2D eigenvalue weighted by Crippen LogP contribution is 2.26. The molecular weight excluding hydrogens is 278 g/mol. The first kappa shape index (κ1) is 14.2. The standard InChI is InChI=1S/C15H14ClNO3/c1-20-12-5-2-10(3-6-12)8-15(19)17-14-7-4-11(18)9-13(14)16/h2-7,9,18H,8H2,1H3,(H,17,19). The second-order valence-corrected chi connectivity index (χ2v) is 4.64. The lowest BCUT2D eigenvalue weighted by molar-refractivity contribution is -0.115. The summed E-state index contributed by atoms with van der Waals surface area (Å²) in [6.07, 6.45) is 0.237. The molecule has 4 nitrogen and oxygen atoms in total. The van der Waals surface area contributed by atoms with Gasteiger partial charge in [0.05, 0.1) is 24.2 Å². The summed E-state index contributed by atoms with van der Waals surface area (Å²) in [4.78, 5) is 11.9. The molecule has 2 N–H and O–H groups in total. The number of benzene rings is 2. The van der Waals surface area contributed by atoms with Crippen LogP contribution in [0.5, 0.6) is 11.5 Å². The van der Waals surface area contributed by atoms with Gasteiger partial charge < -0.3 is 15.2 Å². The number of carbonyl (C=O) groups is 1. The van der Waals surface area contributed by atoms with Gasteiger partial charge in [0, 0.05) is 6.07 Å². The lowest BCUT2D eigenvalue weighted by atomic mass is 10.1. The van der Waals surface area contributed by atoms with Crippen molar-refractivity contribution in [1.82, 2.24) is 0 Å². The van der Waals surface area contributed by atoms with Gasteiger partial charge >= 0.3 is 0 Å². The van der Waals surface area contributed by atoms with E-state index in [1.165, 1.54) is 12.1 Å². The van der Waals surface area contributed by atoms with Crippen molar-refractivity contribution in [3.63, 3.8) is 0 Å². The molecular formula is C15H14ClNO3. The minimum absolute atomic E-state index is 0.0585. The van der Waals surface area contributed by atoms with E-state index in [1.807, 2.05) is 12.1 Å². The molecule has 104 valence electrons. The van der Waals surface area contributed by atoms with Crippen molar-refractivity contribution >= 4 is 23.2 Å². The van der Waals surface area contributed by atoms with Crippen LogP contribution in [-0.2, 0) is 11.2 Å². The Labute approximate surface area is 122 Å². The number of nitrogens with one attached hydrogen (secondary N) is 1. The van der Waals surface area contributed by atoms with Crippen molar-refractivity contribution in [3.8, 4) is 11.5 Å². The Morgan fingerprint density at radius 1 is 1.25 bits per heavy atom. The molecule has 0 bridgehead atoms. The van der Waals surface area contributed by atoms with Gasteiger partial charge in [0.2, 0.25) is 5.91 Å². The van der Waals surface area contributed by atoms with Gasteiger partial charge in [0.15, 0.2) is 0 Å². The largest absolute Gasteiger partial charge is 0.508 e. The number of hydrogen-bond donors (Lipinski definition) is 2. The first-order chi connectivity index (χ1) is 9.58. The third-order valence-corrected chi connectivity index (χ3v) is 3.06. The Bertz CT molecular complexity index is 611. The number of phenols is 1. The van der Waals surface area contributed by atoms with E-state index in [0.29, 0.717) is 10.7 Å². The van der Waals surface area contributed by atoms with E-state index in [-0.39, 0.29) is 18.1 Å². The quantitative estimate of drug-likeness (QED) is 0.850. The van der Waals surface area contributed by atoms with E-state index in [9.17, 15) is 9.90 Å². The summed E-state index contributed by atoms with van der Waals surface area (Å²) in [6.45, 7) is 0. The average molecular weight is 292 g/mol. The Balaban J connectivity index is 2.01. The number of amides is 1. The monoisotopic (exact) mass is 291 g/mol. The second kappa shape index (κ2) is 6.30. The van der Waals surface area contributed by atoms with Crippen molar-refractivity contribution in [2.24, 2.45) is 0 Å². The average Bonchev–Trinajstić information content (AvgIpc) is 2.43. The SMILES string of the molecule is COc1ccc(CC(=O)Nc2ccc(O)cc2Cl)cc1. The van der Waals surface area contributed by atoms with E-state index in [4.69, 9.17) is 16.3 Å². The zero-order valence-corrected chi connectivity index (χ0v) is 11.6. The topological polar surface area (TPSA) is 58.6 Å². The number of carbonyl (C=O) groups excluding carboxylic acids is 1. The molecule has 0 atom stereocenters. The molecule has 20 heavy (non-hydrogen) atoms. The highest BCUT2D eigenvalue weighted by atomic mass is 35.5. The van der Waals surface area contributed by atoms with Gasteiger partial charge in [0.25, 0.3) is 0 Å². The maximum atomic E-state index is 11.9. The predicted octanol–water partition coefficient (Wildman–Crippen LogP) is 3.24. The van der Waals surface area contributed by atoms with Crippen LogP contribution >= 0.6 is 11.6 Å². The fraction of sp³-hybridized carbons (Fsp3) is 0.133. The highest BCUT2D eigenvalue weighted by Gasteiger charge is 2.07. The van der Waals surface area contributed by atoms with Crippen LogP contribution in [0.1, 0.15) is 5.56 Å². The van der Waals surface area contributed by atoms with Crippen LogP contribution in [-0.4, -0.2) is 18.1 Å². The molecule has 0 aliphatic carbocycles. The van der Waals surface area contributed by atoms with Gasteiger partial charge in [-0.25, -0.2) is 0 Å². The van der Waals surface area contributed by atoms with Crippen LogP contribution in [0.3, 0.4) is 0 Å². The molecule has 2 aromatic carbocycles. The van der Waals surface area contributed by atoms with Crippen LogP contribution in [0.2, 0.25) is 5.02 Å². The minimum Gasteiger partial charge on any atom is -0.508 e. The van der Waals surface area contributed by atoms with Gasteiger partial charge in [-0.2, -0.15) is 0 Å². The van der Waals surface area contributed by atoms with Crippen molar-refractivity contribution < 1.29 is 14.6 Å². The zero-order chi connectivity index (χ0) is 14.5. The Kier molecular flexibility index (Phi) is 4.48. The van der Waals surface area contributed by atoms with Crippen LogP contribution in [0.4, 0.5) is 5.69 Å². The van der Waals surface area contributed by atoms with Crippen molar-refractivity contribution in [3.05, 3.63) is 53.1 Å². The Morgan fingerprint density at radius 2 is 1.95 bits per heavy atom. The molecule has 2 rings (SSSR count). The van der Waals surface area contributed by atoms with Gasteiger partial charge in [0.1, 0.15) is 11.5 Å². The molecule has 0 saturated carbocycles. The van der Waals surface area contributed by atoms with Crippen molar-refractivity contribution in [2.45, 2.75) is 6.42 Å². The summed E-state index contributed by atoms with van der Waals surface area (Å²) in [5.41, 5.74) is 1.35. The van der Waals surface area contributed by atoms with E-state index >= 15 is 0 Å². The molecule has 0 aliphatic heterocycles. The van der Waals surface area contributed by atoms with E-state index in [1.54, 1.807) is 25.3 Å². The van der Waals surface area contributed by atoms with Gasteiger partial charge in [-0.3, -0.25) is 4.79 Å². The summed E-state index contributed by atoms with van der Waals surface area (Å²) in [7, 11) is 1.59. The summed E-state index contributed by atoms with van der Waals surface area (Å²) in [5.74, 6) is 0.627. The van der Waals surface area contributed by atoms with Gasteiger partial charge in [-0.15, -0.1) is 0 Å². The third kappa shape index (κ3) is 3.65. The van der Waals surface area contributed by atoms with Gasteiger partial charge in [-0.05, 0) is 29.8 Å². The highest BCUT2D eigenvalue weighted by molar-refractivity contribution is 6.33. The number of hydrogen-bond acceptors (Lipinski definition) is 3. The first-order valence-corrected chi connectivity index (χ1v) is 6.37. The zero-order valence-electron chi connectivity index (χ0n) is 10.9. The molecule has 0 aliphatic rings. The maximum absolute atomic E-state index is 11.9. The number of ether oxygens (including phenoxy) is 1. The van der Waals surface area contributed by atoms with Crippen LogP contribution in [0, 0.1) is 0 Å². The number of halogens is 1. The molecule has 0 fully saturated rings. The molecule has 0 saturated heterocycles. The number of aromatic hydroxyl groups is 1. The number of rotatable bonds is 4. The van der Waals surface area contributed by atoms with Crippen LogP contribution in [0.15, 0.2) is 42.5 Å². The number of phenolic OH excluding ortho intramolecular Hbond substituents is 1. The lowest BCUT2D eigenvalue weighted by Crippen LogP contribution is -2.14. The summed E-state index contributed by atoms with van der Waals surface area (Å²) in [6, 6.07) is 11.7. The molecule has 0 heterocycles. The summed E-state index contributed by atoms with van der Waals surface area (Å²) >= 11 is 5.92. The first-order valence-electron chi connectivity index (χ1n) is 6.00. The second-order valence-electron chi connectivity index (χ2n) is 4.24. The molecule has 2 aromatic rings. The lowest BCUT2D eigenvalue weighted by Gasteiger charge is -2.08. The molecule has 0 spiro atoms. The smallest absolute Gasteiger partial charge is 0.228 e. The van der Waals surface area contributed by atoms with Crippen LogP contribution < -0.4 is 10.1 Å². The number of anilines is 1.